The molecule has 0 radical (unpaired) electrons. The molecule has 0 aliphatic carbocycles. The van der Waals surface area contributed by atoms with Gasteiger partial charge in [-0.2, -0.15) is 4.31 Å². The van der Waals surface area contributed by atoms with Crippen LogP contribution in [0.2, 0.25) is 0 Å². The molecule has 0 unspecified atom stereocenters. The van der Waals surface area contributed by atoms with Gasteiger partial charge in [0.2, 0.25) is 15.9 Å². The van der Waals surface area contributed by atoms with Gasteiger partial charge in [0, 0.05) is 25.2 Å². The van der Waals surface area contributed by atoms with E-state index in [1.54, 1.807) is 49.5 Å². The highest BCUT2D eigenvalue weighted by Gasteiger charge is 2.30. The van der Waals surface area contributed by atoms with E-state index in [4.69, 9.17) is 0 Å². The normalized spacial score (nSPS) is 16.8. The van der Waals surface area contributed by atoms with Crippen molar-refractivity contribution >= 4 is 21.6 Å². The topological polar surface area (TPSA) is 90.0 Å². The molecule has 1 fully saturated rings. The lowest BCUT2D eigenvalue weighted by atomic mass is 9.96. The Labute approximate surface area is 191 Å². The molecule has 1 aliphatic rings. The van der Waals surface area contributed by atoms with Crippen molar-refractivity contribution in [1.29, 1.82) is 0 Å². The molecule has 1 atom stereocenters. The predicted molar refractivity (Wildman–Crippen MR) is 126 cm³/mol. The fourth-order valence-electron chi connectivity index (χ4n) is 4.00. The summed E-state index contributed by atoms with van der Waals surface area (Å²) in [6.07, 6.45) is 2.61. The second kappa shape index (κ2) is 10.5. The van der Waals surface area contributed by atoms with Gasteiger partial charge in [-0.3, -0.25) is 4.79 Å². The summed E-state index contributed by atoms with van der Waals surface area (Å²) in [5.41, 5.74) is 1.56. The summed E-state index contributed by atoms with van der Waals surface area (Å²) in [6.45, 7) is 3.79. The monoisotopic (exact) mass is 459 g/mol. The maximum atomic E-state index is 13.0. The number of sulfonamides is 1. The highest BCUT2D eigenvalue weighted by atomic mass is 32.2. The molecule has 0 bridgehead atoms. The van der Waals surface area contributed by atoms with Crippen LogP contribution < -0.4 is 5.32 Å². The van der Waals surface area contributed by atoms with Crippen molar-refractivity contribution in [3.63, 3.8) is 0 Å². The van der Waals surface area contributed by atoms with E-state index in [2.05, 4.69) is 10.2 Å². The number of carbonyl (C=O) groups excluding carboxylic acids is 1. The van der Waals surface area contributed by atoms with E-state index in [-0.39, 0.29) is 28.5 Å². The SMILES string of the molecule is C[C@H](CCC(=O)Nc1ccc(S(=O)(=O)N(C)C2CCN(C)CC2)cc1)c1cccc(O)c1. The summed E-state index contributed by atoms with van der Waals surface area (Å²) in [4.78, 5) is 14.8. The number of rotatable bonds is 8. The lowest BCUT2D eigenvalue weighted by molar-refractivity contribution is -0.116. The number of hydrogen-bond donors (Lipinski definition) is 2. The Hall–Kier alpha value is -2.42. The molecule has 1 saturated heterocycles. The summed E-state index contributed by atoms with van der Waals surface area (Å²) >= 11 is 0. The van der Waals surface area contributed by atoms with Crippen molar-refractivity contribution in [2.24, 2.45) is 0 Å². The van der Waals surface area contributed by atoms with E-state index in [1.165, 1.54) is 4.31 Å². The van der Waals surface area contributed by atoms with Crippen LogP contribution in [-0.4, -0.2) is 61.9 Å². The Balaban J connectivity index is 1.55. The standard InChI is InChI=1S/C24H33N3O4S/c1-18(19-5-4-6-22(28)17-19)7-12-24(29)25-20-8-10-23(11-9-20)32(30,31)27(3)21-13-15-26(2)16-14-21/h4-6,8-11,17-18,21,28H,7,12-16H2,1-3H3,(H,25,29)/t18-/m1/s1. The Morgan fingerprint density at radius 2 is 1.84 bits per heavy atom. The molecule has 32 heavy (non-hydrogen) atoms. The van der Waals surface area contributed by atoms with Gasteiger partial charge in [-0.05, 0) is 87.3 Å². The highest BCUT2D eigenvalue weighted by molar-refractivity contribution is 7.89. The predicted octanol–water partition coefficient (Wildman–Crippen LogP) is 3.63. The molecule has 1 aliphatic heterocycles. The zero-order valence-corrected chi connectivity index (χ0v) is 19.8. The minimum Gasteiger partial charge on any atom is -0.508 e. The van der Waals surface area contributed by atoms with Crippen LogP contribution in [0.4, 0.5) is 5.69 Å². The van der Waals surface area contributed by atoms with Crippen LogP contribution in [0.25, 0.3) is 0 Å². The molecule has 8 heteroatoms. The Morgan fingerprint density at radius 1 is 1.19 bits per heavy atom. The summed E-state index contributed by atoms with van der Waals surface area (Å²) in [7, 11) is 0.119. The minimum atomic E-state index is -3.58. The number of carbonyl (C=O) groups is 1. The Morgan fingerprint density at radius 3 is 2.47 bits per heavy atom. The van der Waals surface area contributed by atoms with Crippen molar-refractivity contribution in [3.8, 4) is 5.75 Å². The number of benzene rings is 2. The Bertz CT molecular complexity index is 1020. The van der Waals surface area contributed by atoms with Gasteiger partial charge in [0.1, 0.15) is 5.75 Å². The molecule has 0 saturated carbocycles. The molecule has 2 aromatic carbocycles. The minimum absolute atomic E-state index is 0.00379. The molecule has 7 nitrogen and oxygen atoms in total. The molecular weight excluding hydrogens is 426 g/mol. The number of piperidine rings is 1. The van der Waals surface area contributed by atoms with Crippen molar-refractivity contribution in [2.75, 3.05) is 32.5 Å². The van der Waals surface area contributed by atoms with Crippen LogP contribution in [0.1, 0.15) is 44.1 Å². The first kappa shape index (κ1) is 24.2. The van der Waals surface area contributed by atoms with Crippen LogP contribution in [0.5, 0.6) is 5.75 Å². The summed E-state index contributed by atoms with van der Waals surface area (Å²) in [6, 6.07) is 13.4. The van der Waals surface area contributed by atoms with Crippen LogP contribution >= 0.6 is 0 Å². The van der Waals surface area contributed by atoms with Crippen LogP contribution in [0.3, 0.4) is 0 Å². The first-order valence-corrected chi connectivity index (χ1v) is 12.5. The highest BCUT2D eigenvalue weighted by Crippen LogP contribution is 2.25. The molecule has 2 aromatic rings. The number of amides is 1. The maximum absolute atomic E-state index is 13.0. The molecule has 174 valence electrons. The second-order valence-corrected chi connectivity index (χ2v) is 10.7. The van der Waals surface area contributed by atoms with Crippen LogP contribution in [-0.2, 0) is 14.8 Å². The largest absolute Gasteiger partial charge is 0.508 e. The average Bonchev–Trinajstić information content (AvgIpc) is 2.78. The molecular formula is C24H33N3O4S. The van der Waals surface area contributed by atoms with E-state index in [1.807, 2.05) is 20.0 Å². The van der Waals surface area contributed by atoms with Gasteiger partial charge in [0.05, 0.1) is 4.90 Å². The van der Waals surface area contributed by atoms with Gasteiger partial charge in [-0.25, -0.2) is 8.42 Å². The number of likely N-dealkylation sites (tertiary alicyclic amines) is 1. The average molecular weight is 460 g/mol. The quantitative estimate of drug-likeness (QED) is 0.629. The van der Waals surface area contributed by atoms with Gasteiger partial charge in [0.25, 0.3) is 0 Å². The zero-order valence-electron chi connectivity index (χ0n) is 19.0. The third kappa shape index (κ3) is 6.09. The number of phenolic OH excluding ortho intramolecular Hbond substituents is 1. The molecule has 1 heterocycles. The molecule has 1 amide bonds. The zero-order chi connectivity index (χ0) is 23.3. The van der Waals surface area contributed by atoms with E-state index in [0.717, 1.165) is 31.5 Å². The third-order valence-electron chi connectivity index (χ3n) is 6.26. The molecule has 3 rings (SSSR count). The van der Waals surface area contributed by atoms with E-state index < -0.39 is 10.0 Å². The molecule has 0 spiro atoms. The number of phenols is 1. The lowest BCUT2D eigenvalue weighted by Crippen LogP contribution is -2.44. The van der Waals surface area contributed by atoms with Crippen molar-refractivity contribution in [2.45, 2.75) is 49.5 Å². The second-order valence-electron chi connectivity index (χ2n) is 8.66. The maximum Gasteiger partial charge on any atom is 0.243 e. The van der Waals surface area contributed by atoms with Crippen LogP contribution in [0, 0.1) is 0 Å². The van der Waals surface area contributed by atoms with Gasteiger partial charge >= 0.3 is 0 Å². The van der Waals surface area contributed by atoms with Gasteiger partial charge in [0.15, 0.2) is 0 Å². The number of nitrogens with zero attached hydrogens (tertiary/aromatic N) is 2. The molecule has 0 aromatic heterocycles. The number of nitrogens with one attached hydrogen (secondary N) is 1. The summed E-state index contributed by atoms with van der Waals surface area (Å²) in [5, 5.41) is 12.4. The third-order valence-corrected chi connectivity index (χ3v) is 8.19. The fraction of sp³-hybridized carbons (Fsp3) is 0.458. The first-order valence-electron chi connectivity index (χ1n) is 11.0. The van der Waals surface area contributed by atoms with E-state index in [9.17, 15) is 18.3 Å². The van der Waals surface area contributed by atoms with Crippen molar-refractivity contribution in [1.82, 2.24) is 9.21 Å². The smallest absolute Gasteiger partial charge is 0.243 e. The lowest BCUT2D eigenvalue weighted by Gasteiger charge is -2.34. The number of hydrogen-bond acceptors (Lipinski definition) is 5. The first-order chi connectivity index (χ1) is 15.2. The number of anilines is 1. The van der Waals surface area contributed by atoms with Crippen molar-refractivity contribution in [3.05, 3.63) is 54.1 Å². The summed E-state index contributed by atoms with van der Waals surface area (Å²) in [5.74, 6) is 0.224. The van der Waals surface area contributed by atoms with Gasteiger partial charge < -0.3 is 15.3 Å². The number of aromatic hydroxyl groups is 1. The van der Waals surface area contributed by atoms with Gasteiger partial charge in [-0.1, -0.05) is 19.1 Å². The van der Waals surface area contributed by atoms with E-state index in [0.29, 0.717) is 18.5 Å². The van der Waals surface area contributed by atoms with Crippen molar-refractivity contribution < 1.29 is 18.3 Å². The summed E-state index contributed by atoms with van der Waals surface area (Å²) < 4.78 is 27.5. The Kier molecular flexibility index (Phi) is 7.92. The van der Waals surface area contributed by atoms with Crippen LogP contribution in [0.15, 0.2) is 53.4 Å². The van der Waals surface area contributed by atoms with E-state index >= 15 is 0 Å². The van der Waals surface area contributed by atoms with Gasteiger partial charge in [-0.15, -0.1) is 0 Å². The fourth-order valence-corrected chi connectivity index (χ4v) is 5.42. The molecule has 2 N–H and O–H groups in total.